The Kier molecular flexibility index (Phi) is 4.39. The van der Waals surface area contributed by atoms with Crippen molar-refractivity contribution in [2.75, 3.05) is 13.1 Å². The van der Waals surface area contributed by atoms with Gasteiger partial charge in [-0.05, 0) is 31.2 Å². The van der Waals surface area contributed by atoms with Crippen LogP contribution in [0.25, 0.3) is 0 Å². The number of hydrogen-bond donors (Lipinski definition) is 1. The highest BCUT2D eigenvalue weighted by Crippen LogP contribution is 2.29. The summed E-state index contributed by atoms with van der Waals surface area (Å²) in [6.07, 6.45) is 3.37. The third-order valence-electron chi connectivity index (χ3n) is 4.75. The first-order valence-electron chi connectivity index (χ1n) is 7.95. The summed E-state index contributed by atoms with van der Waals surface area (Å²) in [6.45, 7) is 2.75. The molecule has 2 bridgehead atoms. The van der Waals surface area contributed by atoms with Crippen molar-refractivity contribution < 1.29 is 13.3 Å². The second kappa shape index (κ2) is 6.18. The summed E-state index contributed by atoms with van der Waals surface area (Å²) in [5.41, 5.74) is 0.438. The lowest BCUT2D eigenvalue weighted by Crippen LogP contribution is -2.39. The van der Waals surface area contributed by atoms with Crippen LogP contribution in [0.15, 0.2) is 23.1 Å². The summed E-state index contributed by atoms with van der Waals surface area (Å²) in [5, 5.41) is 14.5. The second-order valence-electron chi connectivity index (χ2n) is 6.19. The van der Waals surface area contributed by atoms with Crippen molar-refractivity contribution in [1.82, 2.24) is 9.62 Å². The number of nitro groups is 1. The molecule has 3 rings (SSSR count). The Bertz CT molecular complexity index is 719. The quantitative estimate of drug-likeness (QED) is 0.665. The first-order chi connectivity index (χ1) is 10.9. The Morgan fingerprint density at radius 2 is 2.04 bits per heavy atom. The van der Waals surface area contributed by atoms with E-state index >= 15 is 0 Å². The molecular formula is C15H21N3O4S. The zero-order valence-electron chi connectivity index (χ0n) is 13.1. The third-order valence-corrected chi connectivity index (χ3v) is 6.69. The molecule has 0 aromatic heterocycles. The normalized spacial score (nSPS) is 25.3. The van der Waals surface area contributed by atoms with Crippen molar-refractivity contribution in [1.29, 1.82) is 0 Å². The van der Waals surface area contributed by atoms with Crippen molar-refractivity contribution in [3.63, 3.8) is 0 Å². The molecular weight excluding hydrogens is 318 g/mol. The van der Waals surface area contributed by atoms with E-state index in [1.807, 2.05) is 6.92 Å². The van der Waals surface area contributed by atoms with Crippen LogP contribution in [0.4, 0.5) is 5.69 Å². The zero-order chi connectivity index (χ0) is 16.6. The van der Waals surface area contributed by atoms with Crippen molar-refractivity contribution in [2.45, 2.75) is 49.6 Å². The molecule has 2 fully saturated rings. The first kappa shape index (κ1) is 16.4. The van der Waals surface area contributed by atoms with Gasteiger partial charge >= 0.3 is 0 Å². The van der Waals surface area contributed by atoms with Gasteiger partial charge in [-0.2, -0.15) is 4.31 Å². The number of non-ortho nitro benzene ring substituents is 1. The smallest absolute Gasteiger partial charge is 0.270 e. The molecule has 1 aromatic rings. The van der Waals surface area contributed by atoms with Crippen LogP contribution in [0.3, 0.4) is 0 Å². The Hall–Kier alpha value is -1.51. The number of rotatable bonds is 4. The summed E-state index contributed by atoms with van der Waals surface area (Å²) >= 11 is 0. The minimum absolute atomic E-state index is 0.0759. The van der Waals surface area contributed by atoms with Gasteiger partial charge in [-0.3, -0.25) is 10.1 Å². The maximum absolute atomic E-state index is 13.0. The average Bonchev–Trinajstić information content (AvgIpc) is 2.84. The Morgan fingerprint density at radius 3 is 2.74 bits per heavy atom. The molecule has 2 atom stereocenters. The van der Waals surface area contributed by atoms with Crippen LogP contribution in [0.5, 0.6) is 0 Å². The van der Waals surface area contributed by atoms with Crippen molar-refractivity contribution >= 4 is 15.7 Å². The van der Waals surface area contributed by atoms with Gasteiger partial charge in [0.15, 0.2) is 0 Å². The van der Waals surface area contributed by atoms with E-state index in [9.17, 15) is 18.5 Å². The van der Waals surface area contributed by atoms with Crippen LogP contribution >= 0.6 is 0 Å². The highest BCUT2D eigenvalue weighted by molar-refractivity contribution is 7.89. The number of benzene rings is 1. The van der Waals surface area contributed by atoms with E-state index in [1.54, 1.807) is 6.07 Å². The fourth-order valence-corrected chi connectivity index (χ4v) is 5.27. The van der Waals surface area contributed by atoms with E-state index < -0.39 is 14.9 Å². The fourth-order valence-electron chi connectivity index (χ4n) is 3.46. The number of nitrogens with zero attached hydrogens (tertiary/aromatic N) is 2. The highest BCUT2D eigenvalue weighted by atomic mass is 32.2. The summed E-state index contributed by atoms with van der Waals surface area (Å²) in [7, 11) is -3.72. The largest absolute Gasteiger partial charge is 0.310 e. The molecule has 2 saturated heterocycles. The lowest BCUT2D eigenvalue weighted by molar-refractivity contribution is -0.385. The van der Waals surface area contributed by atoms with Crippen LogP contribution < -0.4 is 5.32 Å². The van der Waals surface area contributed by atoms with Gasteiger partial charge in [0, 0.05) is 37.3 Å². The predicted molar refractivity (Wildman–Crippen MR) is 85.8 cm³/mol. The molecule has 1 aromatic carbocycles. The van der Waals surface area contributed by atoms with Gasteiger partial charge in [-0.25, -0.2) is 8.42 Å². The van der Waals surface area contributed by atoms with Crippen molar-refractivity contribution in [2.24, 2.45) is 0 Å². The van der Waals surface area contributed by atoms with E-state index in [1.165, 1.54) is 16.4 Å². The predicted octanol–water partition coefficient (Wildman–Crippen LogP) is 1.67. The van der Waals surface area contributed by atoms with E-state index in [0.717, 1.165) is 19.3 Å². The molecule has 23 heavy (non-hydrogen) atoms. The van der Waals surface area contributed by atoms with E-state index in [2.05, 4.69) is 5.32 Å². The molecule has 2 heterocycles. The molecule has 1 N–H and O–H groups in total. The molecule has 8 heteroatoms. The lowest BCUT2D eigenvalue weighted by atomic mass is 10.1. The average molecular weight is 339 g/mol. The molecule has 0 radical (unpaired) electrons. The van der Waals surface area contributed by atoms with Crippen molar-refractivity contribution in [3.05, 3.63) is 33.9 Å². The number of hydrogen-bond acceptors (Lipinski definition) is 5. The molecule has 7 nitrogen and oxygen atoms in total. The van der Waals surface area contributed by atoms with Crippen LogP contribution in [-0.2, 0) is 16.4 Å². The topological polar surface area (TPSA) is 92.5 Å². The molecule has 0 aliphatic carbocycles. The summed E-state index contributed by atoms with van der Waals surface area (Å²) in [4.78, 5) is 10.5. The van der Waals surface area contributed by atoms with Gasteiger partial charge in [0.2, 0.25) is 10.0 Å². The SMILES string of the molecule is CCc1ccc([N+](=O)[O-])cc1S(=O)(=O)N1CCC2CCC(C1)N2. The number of nitrogens with one attached hydrogen (secondary N) is 1. The molecule has 0 amide bonds. The summed E-state index contributed by atoms with van der Waals surface area (Å²) in [5.74, 6) is 0. The molecule has 2 aliphatic heterocycles. The number of aryl methyl sites for hydroxylation is 1. The van der Waals surface area contributed by atoms with E-state index in [4.69, 9.17) is 0 Å². The van der Waals surface area contributed by atoms with Gasteiger partial charge in [-0.1, -0.05) is 13.0 Å². The van der Waals surface area contributed by atoms with Crippen LogP contribution in [0.1, 0.15) is 31.7 Å². The molecule has 2 aliphatic rings. The number of sulfonamides is 1. The van der Waals surface area contributed by atoms with Gasteiger partial charge in [0.05, 0.1) is 9.82 Å². The zero-order valence-corrected chi connectivity index (χ0v) is 13.9. The standard InChI is InChI=1S/C15H21N3O4S/c1-2-11-3-6-14(18(19)20)9-15(11)23(21,22)17-8-7-12-4-5-13(10-17)16-12/h3,6,9,12-13,16H,2,4-5,7-8,10H2,1H3. The van der Waals surface area contributed by atoms with Crippen LogP contribution in [0.2, 0.25) is 0 Å². The number of fused-ring (bicyclic) bond motifs is 2. The Balaban J connectivity index is 1.98. The number of nitro benzene ring substituents is 1. The minimum atomic E-state index is -3.72. The van der Waals surface area contributed by atoms with Crippen molar-refractivity contribution in [3.8, 4) is 0 Å². The fraction of sp³-hybridized carbons (Fsp3) is 0.600. The monoisotopic (exact) mass is 339 g/mol. The third kappa shape index (κ3) is 3.11. The Labute approximate surface area is 135 Å². The summed E-state index contributed by atoms with van der Waals surface area (Å²) in [6, 6.07) is 4.68. The van der Waals surface area contributed by atoms with Gasteiger partial charge in [0.1, 0.15) is 0 Å². The van der Waals surface area contributed by atoms with Gasteiger partial charge in [0.25, 0.3) is 5.69 Å². The summed E-state index contributed by atoms with van der Waals surface area (Å²) < 4.78 is 27.6. The minimum Gasteiger partial charge on any atom is -0.310 e. The lowest BCUT2D eigenvalue weighted by Gasteiger charge is -2.24. The first-order valence-corrected chi connectivity index (χ1v) is 9.39. The van der Waals surface area contributed by atoms with Gasteiger partial charge in [-0.15, -0.1) is 0 Å². The van der Waals surface area contributed by atoms with Crippen LogP contribution in [0, 0.1) is 10.1 Å². The molecule has 0 spiro atoms. The van der Waals surface area contributed by atoms with E-state index in [-0.39, 0.29) is 16.6 Å². The van der Waals surface area contributed by atoms with E-state index in [0.29, 0.717) is 31.1 Å². The van der Waals surface area contributed by atoms with Crippen LogP contribution in [-0.4, -0.2) is 42.8 Å². The maximum Gasteiger partial charge on any atom is 0.270 e. The molecule has 0 saturated carbocycles. The second-order valence-corrected chi connectivity index (χ2v) is 8.10. The Morgan fingerprint density at radius 1 is 1.30 bits per heavy atom. The molecule has 126 valence electrons. The molecule has 2 unspecified atom stereocenters. The maximum atomic E-state index is 13.0. The van der Waals surface area contributed by atoms with Gasteiger partial charge < -0.3 is 5.32 Å². The highest BCUT2D eigenvalue weighted by Gasteiger charge is 2.36.